The summed E-state index contributed by atoms with van der Waals surface area (Å²) in [7, 11) is -3.99. The molecule has 0 aliphatic rings. The maximum absolute atomic E-state index is 12.2. The number of rotatable bonds is 6. The Balaban J connectivity index is 2.14. The molecule has 0 unspecified atom stereocenters. The van der Waals surface area contributed by atoms with Crippen LogP contribution in [0.4, 0.5) is 0 Å². The van der Waals surface area contributed by atoms with Gasteiger partial charge in [-0.3, -0.25) is 9.78 Å². The van der Waals surface area contributed by atoms with Crippen LogP contribution in [-0.4, -0.2) is 31.0 Å². The number of amides is 1. The van der Waals surface area contributed by atoms with Crippen molar-refractivity contribution in [1.82, 2.24) is 9.71 Å². The van der Waals surface area contributed by atoms with Gasteiger partial charge in [0.15, 0.2) is 0 Å². The van der Waals surface area contributed by atoms with Crippen molar-refractivity contribution in [2.45, 2.75) is 18.4 Å². The number of aliphatic hydroxyl groups excluding tert-OH is 1. The Morgan fingerprint density at radius 2 is 1.91 bits per heavy atom. The molecule has 0 spiro atoms. The third kappa shape index (κ3) is 4.27. The predicted molar refractivity (Wildman–Crippen MR) is 82.4 cm³/mol. The lowest BCUT2D eigenvalue weighted by molar-refractivity contribution is 0.0981. The monoisotopic (exact) mass is 336 g/mol. The average Bonchev–Trinajstić information content (AvgIpc) is 2.55. The molecule has 0 aliphatic carbocycles. The van der Waals surface area contributed by atoms with Gasteiger partial charge in [-0.25, -0.2) is 13.1 Å². The molecule has 7 nitrogen and oxygen atoms in total. The van der Waals surface area contributed by atoms with E-state index in [2.05, 4.69) is 4.98 Å². The van der Waals surface area contributed by atoms with Crippen LogP contribution in [0.2, 0.25) is 0 Å². The molecule has 0 saturated carbocycles. The summed E-state index contributed by atoms with van der Waals surface area (Å²) in [6, 6.07) is 8.57. The number of nitrogens with one attached hydrogen (secondary N) is 1. The van der Waals surface area contributed by atoms with Crippen molar-refractivity contribution in [2.75, 3.05) is 6.61 Å². The van der Waals surface area contributed by atoms with Crippen molar-refractivity contribution in [1.29, 1.82) is 0 Å². The summed E-state index contributed by atoms with van der Waals surface area (Å²) in [4.78, 5) is 15.8. The summed E-state index contributed by atoms with van der Waals surface area (Å²) in [5.41, 5.74) is 0.465. The zero-order chi connectivity index (χ0) is 16.9. The first-order valence-electron chi connectivity index (χ1n) is 6.82. The summed E-state index contributed by atoms with van der Waals surface area (Å²) < 4.78 is 31.6. The highest BCUT2D eigenvalue weighted by Crippen LogP contribution is 2.16. The zero-order valence-electron chi connectivity index (χ0n) is 12.4. The van der Waals surface area contributed by atoms with Crippen molar-refractivity contribution in [3.8, 4) is 5.75 Å². The fraction of sp³-hybridized carbons (Fsp3) is 0.200. The third-order valence-corrected chi connectivity index (χ3v) is 4.27. The Bertz CT molecular complexity index is 771. The van der Waals surface area contributed by atoms with E-state index in [0.29, 0.717) is 18.1 Å². The summed E-state index contributed by atoms with van der Waals surface area (Å²) in [5, 5.41) is 8.89. The van der Waals surface area contributed by atoms with Crippen molar-refractivity contribution in [3.63, 3.8) is 0 Å². The van der Waals surface area contributed by atoms with Crippen LogP contribution in [0.5, 0.6) is 5.75 Å². The van der Waals surface area contributed by atoms with Gasteiger partial charge in [0.2, 0.25) is 0 Å². The van der Waals surface area contributed by atoms with E-state index < -0.39 is 15.9 Å². The number of sulfonamides is 1. The molecule has 0 aliphatic heterocycles. The molecule has 122 valence electrons. The molecule has 8 heteroatoms. The van der Waals surface area contributed by atoms with Crippen molar-refractivity contribution < 1.29 is 23.1 Å². The van der Waals surface area contributed by atoms with Gasteiger partial charge in [0, 0.05) is 6.20 Å². The standard InChI is InChI=1S/C15H16N2O5S/c1-2-22-13-5-7-14(8-6-13)23(20,21)17-15(19)11-3-4-12(10-18)16-9-11/h3-9,18H,2,10H2,1H3,(H,17,19). The molecule has 2 rings (SSSR count). The van der Waals surface area contributed by atoms with Gasteiger partial charge in [-0.2, -0.15) is 0 Å². The van der Waals surface area contributed by atoms with E-state index in [-0.39, 0.29) is 17.1 Å². The molecule has 0 bridgehead atoms. The van der Waals surface area contributed by atoms with E-state index in [0.717, 1.165) is 0 Å². The van der Waals surface area contributed by atoms with Gasteiger partial charge >= 0.3 is 0 Å². The number of aliphatic hydroxyl groups is 1. The molecule has 1 aromatic heterocycles. The maximum atomic E-state index is 12.2. The topological polar surface area (TPSA) is 106 Å². The maximum Gasteiger partial charge on any atom is 0.266 e. The first-order chi connectivity index (χ1) is 11.0. The molecule has 1 aromatic carbocycles. The number of hydrogen-bond acceptors (Lipinski definition) is 6. The Morgan fingerprint density at radius 3 is 2.43 bits per heavy atom. The van der Waals surface area contributed by atoms with Gasteiger partial charge in [-0.15, -0.1) is 0 Å². The molecule has 0 saturated heterocycles. The molecule has 2 aromatic rings. The van der Waals surface area contributed by atoms with Crippen molar-refractivity contribution in [3.05, 3.63) is 53.9 Å². The number of pyridine rings is 1. The molecule has 23 heavy (non-hydrogen) atoms. The highest BCUT2D eigenvalue weighted by atomic mass is 32.2. The number of carbonyl (C=O) groups is 1. The molecule has 2 N–H and O–H groups in total. The van der Waals surface area contributed by atoms with Gasteiger partial charge in [-0.1, -0.05) is 0 Å². The minimum absolute atomic E-state index is 0.0470. The summed E-state index contributed by atoms with van der Waals surface area (Å²) in [6.45, 7) is 2.03. The van der Waals surface area contributed by atoms with Crippen LogP contribution < -0.4 is 9.46 Å². The average molecular weight is 336 g/mol. The highest BCUT2D eigenvalue weighted by Gasteiger charge is 2.19. The second-order valence-corrected chi connectivity index (χ2v) is 6.22. The Morgan fingerprint density at radius 1 is 1.22 bits per heavy atom. The van der Waals surface area contributed by atoms with Gasteiger partial charge in [0.05, 0.1) is 29.4 Å². The van der Waals surface area contributed by atoms with E-state index in [1.54, 1.807) is 0 Å². The van der Waals surface area contributed by atoms with Gasteiger partial charge in [0.1, 0.15) is 5.75 Å². The van der Waals surface area contributed by atoms with Crippen LogP contribution in [0.25, 0.3) is 0 Å². The molecule has 0 atom stereocenters. The first kappa shape index (κ1) is 16.9. The quantitative estimate of drug-likeness (QED) is 0.818. The molecular weight excluding hydrogens is 320 g/mol. The van der Waals surface area contributed by atoms with Crippen LogP contribution in [0.3, 0.4) is 0 Å². The van der Waals surface area contributed by atoms with Gasteiger partial charge in [0.25, 0.3) is 15.9 Å². The normalized spacial score (nSPS) is 11.0. The van der Waals surface area contributed by atoms with Crippen LogP contribution in [0, 0.1) is 0 Å². The summed E-state index contributed by atoms with van der Waals surface area (Å²) >= 11 is 0. The number of nitrogens with zero attached hydrogens (tertiary/aromatic N) is 1. The predicted octanol–water partition coefficient (Wildman–Crippen LogP) is 1.09. The molecule has 0 fully saturated rings. The smallest absolute Gasteiger partial charge is 0.266 e. The van der Waals surface area contributed by atoms with Crippen molar-refractivity contribution >= 4 is 15.9 Å². The molecule has 1 heterocycles. The van der Waals surface area contributed by atoms with Crippen LogP contribution in [0.15, 0.2) is 47.5 Å². The van der Waals surface area contributed by atoms with Crippen LogP contribution >= 0.6 is 0 Å². The lowest BCUT2D eigenvalue weighted by Crippen LogP contribution is -2.30. The van der Waals surface area contributed by atoms with E-state index in [1.807, 2.05) is 11.6 Å². The molecule has 0 radical (unpaired) electrons. The lowest BCUT2D eigenvalue weighted by atomic mass is 10.2. The van der Waals surface area contributed by atoms with E-state index >= 15 is 0 Å². The second-order valence-electron chi connectivity index (χ2n) is 4.54. The number of ether oxygens (including phenoxy) is 1. The minimum Gasteiger partial charge on any atom is -0.494 e. The number of carbonyl (C=O) groups excluding carboxylic acids is 1. The summed E-state index contributed by atoms with van der Waals surface area (Å²) in [6.07, 6.45) is 1.20. The van der Waals surface area contributed by atoms with Crippen LogP contribution in [0.1, 0.15) is 23.0 Å². The Kier molecular flexibility index (Phi) is 5.30. The van der Waals surface area contributed by atoms with Gasteiger partial charge in [-0.05, 0) is 43.3 Å². The Hall–Kier alpha value is -2.45. The minimum atomic E-state index is -3.99. The number of aromatic nitrogens is 1. The van der Waals surface area contributed by atoms with Crippen molar-refractivity contribution in [2.24, 2.45) is 0 Å². The number of hydrogen-bond donors (Lipinski definition) is 2. The van der Waals surface area contributed by atoms with E-state index in [1.165, 1.54) is 42.6 Å². The molecule has 1 amide bonds. The lowest BCUT2D eigenvalue weighted by Gasteiger charge is -2.08. The van der Waals surface area contributed by atoms with Gasteiger partial charge < -0.3 is 9.84 Å². The number of benzene rings is 1. The Labute approximate surface area is 134 Å². The highest BCUT2D eigenvalue weighted by molar-refractivity contribution is 7.90. The fourth-order valence-corrected chi connectivity index (χ4v) is 2.75. The van der Waals surface area contributed by atoms with E-state index in [9.17, 15) is 13.2 Å². The van der Waals surface area contributed by atoms with Crippen LogP contribution in [-0.2, 0) is 16.6 Å². The zero-order valence-corrected chi connectivity index (χ0v) is 13.2. The van der Waals surface area contributed by atoms with E-state index in [4.69, 9.17) is 9.84 Å². The largest absolute Gasteiger partial charge is 0.494 e. The second kappa shape index (κ2) is 7.21. The summed E-state index contributed by atoms with van der Waals surface area (Å²) in [5.74, 6) is -0.252. The SMILES string of the molecule is CCOc1ccc(S(=O)(=O)NC(=O)c2ccc(CO)nc2)cc1. The fourth-order valence-electron chi connectivity index (χ4n) is 1.77. The third-order valence-electron chi connectivity index (χ3n) is 2.92. The molecular formula is C15H16N2O5S. The first-order valence-corrected chi connectivity index (χ1v) is 8.30.